The number of piperidine rings is 1. The molecule has 1 atom stereocenters. The SMILES string of the molecule is CCCS(=O)(=O)N1CCC(NC(=NC)NCCCOCC2CCOC2)CC1. The van der Waals surface area contributed by atoms with Crippen molar-refractivity contribution in [2.24, 2.45) is 10.9 Å². The van der Waals surface area contributed by atoms with Gasteiger partial charge in [0, 0.05) is 51.9 Å². The highest BCUT2D eigenvalue weighted by Crippen LogP contribution is 2.15. The van der Waals surface area contributed by atoms with Gasteiger partial charge in [0.15, 0.2) is 5.96 Å². The van der Waals surface area contributed by atoms with E-state index < -0.39 is 10.0 Å². The van der Waals surface area contributed by atoms with Gasteiger partial charge in [-0.15, -0.1) is 0 Å². The molecule has 8 nitrogen and oxygen atoms in total. The van der Waals surface area contributed by atoms with Crippen LogP contribution in [-0.4, -0.2) is 83.6 Å². The monoisotopic (exact) mass is 404 g/mol. The quantitative estimate of drug-likeness (QED) is 0.318. The van der Waals surface area contributed by atoms with Gasteiger partial charge in [-0.3, -0.25) is 4.99 Å². The minimum Gasteiger partial charge on any atom is -0.381 e. The van der Waals surface area contributed by atoms with Crippen LogP contribution in [0, 0.1) is 5.92 Å². The second kappa shape index (κ2) is 11.8. The van der Waals surface area contributed by atoms with Crippen LogP contribution < -0.4 is 10.6 Å². The number of hydrogen-bond acceptors (Lipinski definition) is 5. The van der Waals surface area contributed by atoms with Crippen molar-refractivity contribution in [3.05, 3.63) is 0 Å². The van der Waals surface area contributed by atoms with Gasteiger partial charge in [-0.1, -0.05) is 6.92 Å². The summed E-state index contributed by atoms with van der Waals surface area (Å²) in [6, 6.07) is 0.253. The third kappa shape index (κ3) is 7.93. The average molecular weight is 405 g/mol. The van der Waals surface area contributed by atoms with Crippen LogP contribution in [0.1, 0.15) is 39.0 Å². The number of guanidine groups is 1. The van der Waals surface area contributed by atoms with Crippen LogP contribution in [0.15, 0.2) is 4.99 Å². The van der Waals surface area contributed by atoms with Gasteiger partial charge in [0.05, 0.1) is 19.0 Å². The maximum atomic E-state index is 12.1. The minimum absolute atomic E-state index is 0.240. The fourth-order valence-corrected chi connectivity index (χ4v) is 4.94. The zero-order valence-corrected chi connectivity index (χ0v) is 17.6. The van der Waals surface area contributed by atoms with Crippen molar-refractivity contribution in [3.8, 4) is 0 Å². The van der Waals surface area contributed by atoms with E-state index in [1.165, 1.54) is 0 Å². The number of nitrogens with zero attached hydrogens (tertiary/aromatic N) is 2. The molecule has 0 aliphatic carbocycles. The molecule has 0 saturated carbocycles. The summed E-state index contributed by atoms with van der Waals surface area (Å²) in [5.74, 6) is 1.57. The number of nitrogens with one attached hydrogen (secondary N) is 2. The molecule has 1 unspecified atom stereocenters. The molecule has 27 heavy (non-hydrogen) atoms. The highest BCUT2D eigenvalue weighted by Gasteiger charge is 2.27. The predicted octanol–water partition coefficient (Wildman–Crippen LogP) is 0.799. The Bertz CT molecular complexity index is 542. The molecule has 0 bridgehead atoms. The van der Waals surface area contributed by atoms with Crippen LogP contribution >= 0.6 is 0 Å². The molecule has 9 heteroatoms. The smallest absolute Gasteiger partial charge is 0.214 e. The van der Waals surface area contributed by atoms with E-state index in [2.05, 4.69) is 15.6 Å². The first kappa shape index (κ1) is 22.4. The van der Waals surface area contributed by atoms with Gasteiger partial charge in [-0.25, -0.2) is 12.7 Å². The Hall–Kier alpha value is -0.900. The Balaban J connectivity index is 1.57. The largest absolute Gasteiger partial charge is 0.381 e. The topological polar surface area (TPSA) is 92.3 Å². The lowest BCUT2D eigenvalue weighted by molar-refractivity contribution is 0.0888. The van der Waals surface area contributed by atoms with Crippen molar-refractivity contribution < 1.29 is 17.9 Å². The van der Waals surface area contributed by atoms with Crippen molar-refractivity contribution in [1.29, 1.82) is 0 Å². The summed E-state index contributed by atoms with van der Waals surface area (Å²) in [4.78, 5) is 4.27. The maximum absolute atomic E-state index is 12.1. The van der Waals surface area contributed by atoms with E-state index in [0.29, 0.717) is 25.4 Å². The van der Waals surface area contributed by atoms with Crippen LogP contribution in [0.4, 0.5) is 0 Å². The average Bonchev–Trinajstić information content (AvgIpc) is 3.17. The lowest BCUT2D eigenvalue weighted by atomic mass is 10.1. The summed E-state index contributed by atoms with van der Waals surface area (Å²) >= 11 is 0. The summed E-state index contributed by atoms with van der Waals surface area (Å²) in [5, 5.41) is 6.71. The Morgan fingerprint density at radius 2 is 2.07 bits per heavy atom. The number of hydrogen-bond donors (Lipinski definition) is 2. The Morgan fingerprint density at radius 1 is 1.30 bits per heavy atom. The number of sulfonamides is 1. The number of aliphatic imine (C=N–C) groups is 1. The first-order valence-corrected chi connectivity index (χ1v) is 11.8. The molecule has 2 aliphatic heterocycles. The van der Waals surface area contributed by atoms with Gasteiger partial charge in [-0.2, -0.15) is 0 Å². The number of rotatable bonds is 10. The zero-order valence-electron chi connectivity index (χ0n) is 16.8. The predicted molar refractivity (Wildman–Crippen MR) is 108 cm³/mol. The van der Waals surface area contributed by atoms with Gasteiger partial charge in [0.2, 0.25) is 10.0 Å². The minimum atomic E-state index is -3.08. The summed E-state index contributed by atoms with van der Waals surface area (Å²) in [6.07, 6.45) is 4.29. The van der Waals surface area contributed by atoms with E-state index in [1.54, 1.807) is 11.4 Å². The van der Waals surface area contributed by atoms with Crippen molar-refractivity contribution in [2.75, 3.05) is 58.9 Å². The van der Waals surface area contributed by atoms with E-state index in [1.807, 2.05) is 6.92 Å². The fraction of sp³-hybridized carbons (Fsp3) is 0.944. The Morgan fingerprint density at radius 3 is 2.70 bits per heavy atom. The molecule has 0 spiro atoms. The van der Waals surface area contributed by atoms with E-state index in [9.17, 15) is 8.42 Å². The molecule has 2 heterocycles. The second-order valence-electron chi connectivity index (χ2n) is 7.29. The highest BCUT2D eigenvalue weighted by atomic mass is 32.2. The van der Waals surface area contributed by atoms with Crippen LogP contribution in [0.3, 0.4) is 0 Å². The zero-order chi connectivity index (χ0) is 19.5. The van der Waals surface area contributed by atoms with Gasteiger partial charge >= 0.3 is 0 Å². The second-order valence-corrected chi connectivity index (χ2v) is 9.38. The summed E-state index contributed by atoms with van der Waals surface area (Å²) in [6.45, 7) is 7.06. The Labute approximate surface area is 164 Å². The first-order valence-electron chi connectivity index (χ1n) is 10.2. The molecule has 158 valence electrons. The lowest BCUT2D eigenvalue weighted by Gasteiger charge is -2.32. The van der Waals surface area contributed by atoms with Crippen LogP contribution in [0.5, 0.6) is 0 Å². The van der Waals surface area contributed by atoms with Gasteiger partial charge in [0.25, 0.3) is 0 Å². The van der Waals surface area contributed by atoms with E-state index in [-0.39, 0.29) is 11.8 Å². The van der Waals surface area contributed by atoms with Gasteiger partial charge < -0.3 is 20.1 Å². The number of ether oxygens (including phenoxy) is 2. The fourth-order valence-electron chi connectivity index (χ4n) is 3.40. The molecule has 2 N–H and O–H groups in total. The molecule has 0 aromatic carbocycles. The molecular weight excluding hydrogens is 368 g/mol. The summed E-state index contributed by atoms with van der Waals surface area (Å²) < 4.78 is 36.9. The maximum Gasteiger partial charge on any atom is 0.214 e. The van der Waals surface area contributed by atoms with E-state index >= 15 is 0 Å². The molecule has 0 amide bonds. The molecule has 2 saturated heterocycles. The summed E-state index contributed by atoms with van der Waals surface area (Å²) in [7, 11) is -1.33. The van der Waals surface area contributed by atoms with Crippen LogP contribution in [0.2, 0.25) is 0 Å². The molecule has 2 aliphatic rings. The normalized spacial score (nSPS) is 22.9. The molecular formula is C18H36N4O4S. The molecule has 0 aromatic rings. The molecule has 0 aromatic heterocycles. The Kier molecular flexibility index (Phi) is 9.81. The van der Waals surface area contributed by atoms with Gasteiger partial charge in [-0.05, 0) is 32.1 Å². The van der Waals surface area contributed by atoms with Gasteiger partial charge in [0.1, 0.15) is 0 Å². The van der Waals surface area contributed by atoms with Crippen molar-refractivity contribution in [3.63, 3.8) is 0 Å². The lowest BCUT2D eigenvalue weighted by Crippen LogP contribution is -2.50. The summed E-state index contributed by atoms with van der Waals surface area (Å²) in [5.41, 5.74) is 0. The molecule has 2 rings (SSSR count). The molecule has 2 fully saturated rings. The standard InChI is InChI=1S/C18H36N4O4S/c1-3-13-27(23,24)22-9-5-17(6-10-22)21-18(19-2)20-8-4-11-25-14-16-7-12-26-15-16/h16-17H,3-15H2,1-2H3,(H2,19,20,21). The van der Waals surface area contributed by atoms with Crippen molar-refractivity contribution in [1.82, 2.24) is 14.9 Å². The van der Waals surface area contributed by atoms with Crippen molar-refractivity contribution >= 4 is 16.0 Å². The van der Waals surface area contributed by atoms with Crippen LogP contribution in [0.25, 0.3) is 0 Å². The van der Waals surface area contributed by atoms with Crippen molar-refractivity contribution in [2.45, 2.75) is 45.1 Å². The van der Waals surface area contributed by atoms with E-state index in [0.717, 1.165) is 64.6 Å². The van der Waals surface area contributed by atoms with Crippen LogP contribution in [-0.2, 0) is 19.5 Å². The molecule has 0 radical (unpaired) electrons. The third-order valence-corrected chi connectivity index (χ3v) is 7.09. The highest BCUT2D eigenvalue weighted by molar-refractivity contribution is 7.89. The third-order valence-electron chi connectivity index (χ3n) is 5.01. The first-order chi connectivity index (χ1) is 13.0. The van der Waals surface area contributed by atoms with E-state index in [4.69, 9.17) is 9.47 Å².